The SMILES string of the molecule is COC(=O)c1ccc([N+](=O)[O-])c(OCC(=O)Nc2cccc(C(=O)N(C)C)c2)c1. The van der Waals surface area contributed by atoms with Gasteiger partial charge in [0, 0.05) is 37.5 Å². The number of anilines is 1. The maximum Gasteiger partial charge on any atom is 0.337 e. The number of carbonyl (C=O) groups excluding carboxylic acids is 3. The van der Waals surface area contributed by atoms with Crippen molar-refractivity contribution in [3.05, 3.63) is 63.7 Å². The molecule has 0 aliphatic heterocycles. The van der Waals surface area contributed by atoms with Gasteiger partial charge >= 0.3 is 11.7 Å². The summed E-state index contributed by atoms with van der Waals surface area (Å²) in [5, 5.41) is 13.7. The largest absolute Gasteiger partial charge is 0.477 e. The van der Waals surface area contributed by atoms with Crippen LogP contribution in [0.25, 0.3) is 0 Å². The van der Waals surface area contributed by atoms with Gasteiger partial charge in [-0.25, -0.2) is 4.79 Å². The van der Waals surface area contributed by atoms with E-state index in [0.29, 0.717) is 11.3 Å². The van der Waals surface area contributed by atoms with Crippen LogP contribution in [0.15, 0.2) is 42.5 Å². The van der Waals surface area contributed by atoms with Gasteiger partial charge < -0.3 is 19.7 Å². The van der Waals surface area contributed by atoms with E-state index in [-0.39, 0.29) is 17.2 Å². The molecule has 10 nitrogen and oxygen atoms in total. The summed E-state index contributed by atoms with van der Waals surface area (Å²) in [6, 6.07) is 9.76. The molecule has 0 heterocycles. The summed E-state index contributed by atoms with van der Waals surface area (Å²) in [7, 11) is 4.39. The average molecular weight is 401 g/mol. The second kappa shape index (κ2) is 9.31. The molecule has 10 heteroatoms. The van der Waals surface area contributed by atoms with E-state index >= 15 is 0 Å². The molecule has 2 amide bonds. The molecular weight excluding hydrogens is 382 g/mol. The fourth-order valence-electron chi connectivity index (χ4n) is 2.35. The summed E-state index contributed by atoms with van der Waals surface area (Å²) < 4.78 is 9.82. The summed E-state index contributed by atoms with van der Waals surface area (Å²) in [6.07, 6.45) is 0. The van der Waals surface area contributed by atoms with Crippen LogP contribution in [-0.2, 0) is 9.53 Å². The number of nitro benzene ring substituents is 1. The Kier molecular flexibility index (Phi) is 6.85. The molecule has 0 saturated heterocycles. The van der Waals surface area contributed by atoms with E-state index in [9.17, 15) is 24.5 Å². The highest BCUT2D eigenvalue weighted by atomic mass is 16.6. The average Bonchev–Trinajstić information content (AvgIpc) is 2.70. The number of nitrogens with zero attached hydrogens (tertiary/aromatic N) is 2. The fourth-order valence-corrected chi connectivity index (χ4v) is 2.35. The van der Waals surface area contributed by atoms with Gasteiger partial charge in [-0.15, -0.1) is 0 Å². The van der Waals surface area contributed by atoms with Gasteiger partial charge in [-0.2, -0.15) is 0 Å². The molecule has 0 aliphatic carbocycles. The molecule has 0 spiro atoms. The van der Waals surface area contributed by atoms with E-state index in [1.54, 1.807) is 32.3 Å². The van der Waals surface area contributed by atoms with Gasteiger partial charge in [0.15, 0.2) is 12.4 Å². The van der Waals surface area contributed by atoms with Crippen LogP contribution >= 0.6 is 0 Å². The standard InChI is InChI=1S/C19H19N3O7/c1-21(2)18(24)12-5-4-6-14(9-12)20-17(23)11-29-16-10-13(19(25)28-3)7-8-15(16)22(26)27/h4-10H,11H2,1-3H3,(H,20,23). The van der Waals surface area contributed by atoms with Gasteiger partial charge in [0.2, 0.25) is 0 Å². The molecular formula is C19H19N3O7. The van der Waals surface area contributed by atoms with E-state index in [2.05, 4.69) is 10.1 Å². The van der Waals surface area contributed by atoms with Crippen molar-refractivity contribution in [1.29, 1.82) is 0 Å². The lowest BCUT2D eigenvalue weighted by molar-refractivity contribution is -0.385. The normalized spacial score (nSPS) is 10.0. The lowest BCUT2D eigenvalue weighted by Gasteiger charge is -2.12. The number of nitrogens with one attached hydrogen (secondary N) is 1. The first-order chi connectivity index (χ1) is 13.7. The lowest BCUT2D eigenvalue weighted by Crippen LogP contribution is -2.23. The third kappa shape index (κ3) is 5.51. The van der Waals surface area contributed by atoms with Gasteiger partial charge in [-0.05, 0) is 24.3 Å². The number of nitro groups is 1. The third-order valence-electron chi connectivity index (χ3n) is 3.74. The molecule has 152 valence electrons. The van der Waals surface area contributed by atoms with Crippen molar-refractivity contribution in [3.63, 3.8) is 0 Å². The molecule has 0 unspecified atom stereocenters. The number of carbonyl (C=O) groups is 3. The molecule has 0 aliphatic rings. The van der Waals surface area contributed by atoms with Crippen LogP contribution in [-0.4, -0.2) is 55.4 Å². The molecule has 0 atom stereocenters. The van der Waals surface area contributed by atoms with Gasteiger partial charge in [0.1, 0.15) is 0 Å². The van der Waals surface area contributed by atoms with E-state index in [1.165, 1.54) is 24.1 Å². The van der Waals surface area contributed by atoms with Gasteiger partial charge in [0.25, 0.3) is 11.8 Å². The Morgan fingerprint density at radius 1 is 1.10 bits per heavy atom. The van der Waals surface area contributed by atoms with E-state index in [4.69, 9.17) is 4.74 Å². The van der Waals surface area contributed by atoms with E-state index in [1.807, 2.05) is 0 Å². The van der Waals surface area contributed by atoms with Crippen LogP contribution in [0.1, 0.15) is 20.7 Å². The Bertz CT molecular complexity index is 957. The third-order valence-corrected chi connectivity index (χ3v) is 3.74. The summed E-state index contributed by atoms with van der Waals surface area (Å²) in [6.45, 7) is -0.544. The minimum absolute atomic E-state index is 0.0448. The maximum atomic E-state index is 12.2. The zero-order valence-corrected chi connectivity index (χ0v) is 16.0. The second-order valence-electron chi connectivity index (χ2n) is 6.05. The van der Waals surface area contributed by atoms with Crippen molar-refractivity contribution in [3.8, 4) is 5.75 Å². The molecule has 0 saturated carbocycles. The lowest BCUT2D eigenvalue weighted by atomic mass is 10.2. The number of esters is 1. The van der Waals surface area contributed by atoms with Crippen molar-refractivity contribution in [1.82, 2.24) is 4.90 Å². The summed E-state index contributed by atoms with van der Waals surface area (Å²) in [5.41, 5.74) is 0.395. The molecule has 2 aromatic carbocycles. The number of benzene rings is 2. The predicted octanol–water partition coefficient (Wildman–Crippen LogP) is 2.10. The van der Waals surface area contributed by atoms with Gasteiger partial charge in [-0.1, -0.05) is 6.07 Å². The molecule has 2 aromatic rings. The molecule has 0 aromatic heterocycles. The minimum atomic E-state index is -0.698. The Hall–Kier alpha value is -3.95. The first-order valence-electron chi connectivity index (χ1n) is 8.34. The Balaban J connectivity index is 2.11. The van der Waals surface area contributed by atoms with E-state index < -0.39 is 29.1 Å². The summed E-state index contributed by atoms with van der Waals surface area (Å²) in [4.78, 5) is 47.6. The quantitative estimate of drug-likeness (QED) is 0.427. The highest BCUT2D eigenvalue weighted by Crippen LogP contribution is 2.28. The maximum absolute atomic E-state index is 12.2. The van der Waals surface area contributed by atoms with Crippen LogP contribution < -0.4 is 10.1 Å². The van der Waals surface area contributed by atoms with Crippen molar-refractivity contribution < 1.29 is 28.8 Å². The molecule has 1 N–H and O–H groups in total. The predicted molar refractivity (Wildman–Crippen MR) is 103 cm³/mol. The van der Waals surface area contributed by atoms with E-state index in [0.717, 1.165) is 12.1 Å². The first-order valence-corrected chi connectivity index (χ1v) is 8.34. The molecule has 29 heavy (non-hydrogen) atoms. The number of methoxy groups -OCH3 is 1. The zero-order valence-electron chi connectivity index (χ0n) is 16.0. The Morgan fingerprint density at radius 3 is 2.45 bits per heavy atom. The number of ether oxygens (including phenoxy) is 2. The zero-order chi connectivity index (χ0) is 21.6. The number of rotatable bonds is 7. The molecule has 2 rings (SSSR count). The number of hydrogen-bond acceptors (Lipinski definition) is 7. The monoisotopic (exact) mass is 401 g/mol. The van der Waals surface area contributed by atoms with Crippen molar-refractivity contribution >= 4 is 29.2 Å². The summed E-state index contributed by atoms with van der Waals surface area (Å²) >= 11 is 0. The minimum Gasteiger partial charge on any atom is -0.477 e. The van der Waals surface area contributed by atoms with Gasteiger partial charge in [0.05, 0.1) is 17.6 Å². The fraction of sp³-hybridized carbons (Fsp3) is 0.211. The highest BCUT2D eigenvalue weighted by molar-refractivity contribution is 5.97. The number of amides is 2. The second-order valence-corrected chi connectivity index (χ2v) is 6.05. The van der Waals surface area contributed by atoms with Crippen LogP contribution in [0.5, 0.6) is 5.75 Å². The molecule has 0 radical (unpaired) electrons. The molecule has 0 fully saturated rings. The first kappa shape index (κ1) is 21.4. The molecule has 0 bridgehead atoms. The Labute approximate surface area is 166 Å². The van der Waals surface area contributed by atoms with Crippen molar-refractivity contribution in [2.75, 3.05) is 33.1 Å². The van der Waals surface area contributed by atoms with Crippen LogP contribution in [0.2, 0.25) is 0 Å². The van der Waals surface area contributed by atoms with Crippen LogP contribution in [0.4, 0.5) is 11.4 Å². The Morgan fingerprint density at radius 2 is 1.83 bits per heavy atom. The van der Waals surface area contributed by atoms with Crippen LogP contribution in [0, 0.1) is 10.1 Å². The number of hydrogen-bond donors (Lipinski definition) is 1. The van der Waals surface area contributed by atoms with Crippen molar-refractivity contribution in [2.24, 2.45) is 0 Å². The van der Waals surface area contributed by atoms with Gasteiger partial charge in [-0.3, -0.25) is 19.7 Å². The van der Waals surface area contributed by atoms with Crippen LogP contribution in [0.3, 0.4) is 0 Å². The highest BCUT2D eigenvalue weighted by Gasteiger charge is 2.19. The smallest absolute Gasteiger partial charge is 0.337 e. The summed E-state index contributed by atoms with van der Waals surface area (Å²) in [5.74, 6) is -1.77. The topological polar surface area (TPSA) is 128 Å². The van der Waals surface area contributed by atoms with Crippen molar-refractivity contribution in [2.45, 2.75) is 0 Å².